The fraction of sp³-hybridized carbons (Fsp3) is 0.688. The van der Waals surface area contributed by atoms with Crippen molar-refractivity contribution in [1.82, 2.24) is 15.1 Å². The summed E-state index contributed by atoms with van der Waals surface area (Å²) in [6.45, 7) is 11.9. The van der Waals surface area contributed by atoms with Crippen LogP contribution in [0.15, 0.2) is 6.07 Å². The van der Waals surface area contributed by atoms with Crippen molar-refractivity contribution in [2.45, 2.75) is 72.1 Å². The summed E-state index contributed by atoms with van der Waals surface area (Å²) in [5.41, 5.74) is 5.28. The molecule has 0 spiro atoms. The van der Waals surface area contributed by atoms with E-state index in [-0.39, 0.29) is 5.69 Å². The van der Waals surface area contributed by atoms with Crippen molar-refractivity contribution in [2.24, 2.45) is 5.73 Å². The number of hydrogen-bond donors (Lipinski definition) is 2. The number of ether oxygens (including phenoxy) is 1. The standard InChI is InChI=1S/C16H28N4O3/c1-7-8-20-11(9-12(19-20)13(17)21)10-16(5,6)18-14(22)23-15(2,3)4/h9H,7-8,10H2,1-6H3,(H2,17,21)(H,18,22). The van der Waals surface area contributed by atoms with Gasteiger partial charge in [-0.25, -0.2) is 4.79 Å². The minimum Gasteiger partial charge on any atom is -0.444 e. The number of aromatic nitrogens is 2. The average Bonchev–Trinajstić information content (AvgIpc) is 2.68. The SMILES string of the molecule is CCCn1nc(C(N)=O)cc1CC(C)(C)NC(=O)OC(C)(C)C. The molecule has 1 aromatic heterocycles. The van der Waals surface area contributed by atoms with Gasteiger partial charge in [0.1, 0.15) is 11.3 Å². The van der Waals surface area contributed by atoms with E-state index in [9.17, 15) is 9.59 Å². The third-order valence-corrected chi connectivity index (χ3v) is 3.01. The lowest BCUT2D eigenvalue weighted by Crippen LogP contribution is -2.47. The zero-order valence-electron chi connectivity index (χ0n) is 14.9. The first-order chi connectivity index (χ1) is 10.4. The van der Waals surface area contributed by atoms with E-state index in [0.29, 0.717) is 13.0 Å². The molecule has 0 bridgehead atoms. The first kappa shape index (κ1) is 19.0. The molecule has 7 nitrogen and oxygen atoms in total. The molecule has 0 saturated carbocycles. The summed E-state index contributed by atoms with van der Waals surface area (Å²) >= 11 is 0. The van der Waals surface area contributed by atoms with Crippen LogP contribution >= 0.6 is 0 Å². The quantitative estimate of drug-likeness (QED) is 0.838. The van der Waals surface area contributed by atoms with Crippen molar-refractivity contribution in [2.75, 3.05) is 0 Å². The van der Waals surface area contributed by atoms with Gasteiger partial charge in [0.2, 0.25) is 0 Å². The van der Waals surface area contributed by atoms with E-state index in [4.69, 9.17) is 10.5 Å². The highest BCUT2D eigenvalue weighted by atomic mass is 16.6. The molecule has 130 valence electrons. The Labute approximate surface area is 137 Å². The number of nitrogens with one attached hydrogen (secondary N) is 1. The fourth-order valence-corrected chi connectivity index (χ4v) is 2.20. The summed E-state index contributed by atoms with van der Waals surface area (Å²) in [7, 11) is 0. The van der Waals surface area contributed by atoms with E-state index in [0.717, 1.165) is 12.1 Å². The summed E-state index contributed by atoms with van der Waals surface area (Å²) in [5, 5.41) is 7.07. The third-order valence-electron chi connectivity index (χ3n) is 3.01. The second-order valence-corrected chi connectivity index (χ2v) is 7.30. The van der Waals surface area contributed by atoms with Gasteiger partial charge >= 0.3 is 6.09 Å². The van der Waals surface area contributed by atoms with E-state index in [1.165, 1.54) is 0 Å². The fourth-order valence-electron chi connectivity index (χ4n) is 2.20. The molecule has 0 fully saturated rings. The van der Waals surface area contributed by atoms with Crippen LogP contribution in [0.2, 0.25) is 0 Å². The van der Waals surface area contributed by atoms with Gasteiger partial charge in [-0.1, -0.05) is 6.92 Å². The van der Waals surface area contributed by atoms with Crippen LogP contribution in [0.1, 0.15) is 64.1 Å². The lowest BCUT2D eigenvalue weighted by Gasteiger charge is -2.28. The molecule has 1 aromatic rings. The van der Waals surface area contributed by atoms with Gasteiger partial charge < -0.3 is 15.8 Å². The largest absolute Gasteiger partial charge is 0.444 e. The van der Waals surface area contributed by atoms with Crippen LogP contribution in [-0.4, -0.2) is 32.9 Å². The van der Waals surface area contributed by atoms with E-state index < -0.39 is 23.1 Å². The van der Waals surface area contributed by atoms with Gasteiger partial charge in [0.05, 0.1) is 0 Å². The van der Waals surface area contributed by atoms with Gasteiger partial charge in [-0.2, -0.15) is 5.10 Å². The highest BCUT2D eigenvalue weighted by Crippen LogP contribution is 2.16. The zero-order valence-corrected chi connectivity index (χ0v) is 14.9. The lowest BCUT2D eigenvalue weighted by atomic mass is 9.98. The molecule has 0 aliphatic heterocycles. The van der Waals surface area contributed by atoms with E-state index in [1.54, 1.807) is 10.7 Å². The minimum atomic E-state index is -0.556. The number of nitrogens with two attached hydrogens (primary N) is 1. The number of carbonyl (C=O) groups is 2. The van der Waals surface area contributed by atoms with Crippen molar-refractivity contribution < 1.29 is 14.3 Å². The monoisotopic (exact) mass is 324 g/mol. The Morgan fingerprint density at radius 2 is 1.91 bits per heavy atom. The van der Waals surface area contributed by atoms with Gasteiger partial charge in [-0.15, -0.1) is 0 Å². The van der Waals surface area contributed by atoms with Crippen molar-refractivity contribution in [1.29, 1.82) is 0 Å². The van der Waals surface area contributed by atoms with Crippen molar-refractivity contribution in [3.05, 3.63) is 17.5 Å². The molecule has 0 atom stereocenters. The van der Waals surface area contributed by atoms with Crippen LogP contribution in [0, 0.1) is 0 Å². The Morgan fingerprint density at radius 1 is 1.30 bits per heavy atom. The summed E-state index contributed by atoms with van der Waals surface area (Å²) in [5.74, 6) is -0.556. The smallest absolute Gasteiger partial charge is 0.408 e. The number of amides is 2. The third kappa shape index (κ3) is 6.30. The molecular formula is C16H28N4O3. The Balaban J connectivity index is 2.87. The topological polar surface area (TPSA) is 99.2 Å². The maximum atomic E-state index is 12.0. The molecule has 1 heterocycles. The van der Waals surface area contributed by atoms with Crippen molar-refractivity contribution in [3.8, 4) is 0 Å². The van der Waals surface area contributed by atoms with E-state index in [2.05, 4.69) is 10.4 Å². The van der Waals surface area contributed by atoms with Crippen LogP contribution in [-0.2, 0) is 17.7 Å². The number of carbonyl (C=O) groups excluding carboxylic acids is 2. The van der Waals surface area contributed by atoms with Crippen molar-refractivity contribution >= 4 is 12.0 Å². The lowest BCUT2D eigenvalue weighted by molar-refractivity contribution is 0.0471. The predicted octanol–water partition coefficient (Wildman–Crippen LogP) is 2.24. The second kappa shape index (κ2) is 7.02. The number of aryl methyl sites for hydroxylation is 1. The molecule has 0 aliphatic carbocycles. The van der Waals surface area contributed by atoms with Crippen molar-refractivity contribution in [3.63, 3.8) is 0 Å². The normalized spacial score (nSPS) is 12.1. The predicted molar refractivity (Wildman–Crippen MR) is 88.2 cm³/mol. The van der Waals surface area contributed by atoms with Crippen LogP contribution < -0.4 is 11.1 Å². The molecule has 0 saturated heterocycles. The van der Waals surface area contributed by atoms with Gasteiger partial charge in [0.15, 0.2) is 0 Å². The zero-order chi connectivity index (χ0) is 17.8. The second-order valence-electron chi connectivity index (χ2n) is 7.30. The summed E-state index contributed by atoms with van der Waals surface area (Å²) in [6, 6.07) is 1.68. The summed E-state index contributed by atoms with van der Waals surface area (Å²) < 4.78 is 7.05. The van der Waals surface area contributed by atoms with Gasteiger partial charge in [-0.05, 0) is 47.1 Å². The highest BCUT2D eigenvalue weighted by Gasteiger charge is 2.27. The first-order valence-electron chi connectivity index (χ1n) is 7.81. The number of rotatable bonds is 6. The van der Waals surface area contributed by atoms with Crippen LogP contribution in [0.4, 0.5) is 4.79 Å². The van der Waals surface area contributed by atoms with Crippen LogP contribution in [0.5, 0.6) is 0 Å². The number of hydrogen-bond acceptors (Lipinski definition) is 4. The maximum absolute atomic E-state index is 12.0. The van der Waals surface area contributed by atoms with Crippen LogP contribution in [0.3, 0.4) is 0 Å². The molecule has 0 aromatic carbocycles. The van der Waals surface area contributed by atoms with E-state index in [1.807, 2.05) is 41.5 Å². The Bertz CT molecular complexity index is 570. The molecule has 0 unspecified atom stereocenters. The van der Waals surface area contributed by atoms with Gasteiger partial charge in [0, 0.05) is 24.2 Å². The Morgan fingerprint density at radius 3 is 2.39 bits per heavy atom. The molecule has 23 heavy (non-hydrogen) atoms. The Hall–Kier alpha value is -2.05. The van der Waals surface area contributed by atoms with Gasteiger partial charge in [-0.3, -0.25) is 9.48 Å². The first-order valence-corrected chi connectivity index (χ1v) is 7.81. The highest BCUT2D eigenvalue weighted by molar-refractivity contribution is 5.90. The van der Waals surface area contributed by atoms with Crippen LogP contribution in [0.25, 0.3) is 0 Å². The summed E-state index contributed by atoms with van der Waals surface area (Å²) in [4.78, 5) is 23.3. The molecule has 2 amide bonds. The molecule has 0 radical (unpaired) electrons. The number of alkyl carbamates (subject to hydrolysis) is 1. The minimum absolute atomic E-state index is 0.238. The molecular weight excluding hydrogens is 296 g/mol. The molecule has 7 heteroatoms. The molecule has 0 aliphatic rings. The summed E-state index contributed by atoms with van der Waals surface area (Å²) in [6.07, 6.45) is 0.915. The molecule has 3 N–H and O–H groups in total. The van der Waals surface area contributed by atoms with E-state index >= 15 is 0 Å². The average molecular weight is 324 g/mol. The van der Waals surface area contributed by atoms with Gasteiger partial charge in [0.25, 0.3) is 5.91 Å². The number of primary amides is 1. The Kier molecular flexibility index (Phi) is 5.80. The molecule has 1 rings (SSSR count). The maximum Gasteiger partial charge on any atom is 0.408 e. The number of nitrogens with zero attached hydrogens (tertiary/aromatic N) is 2.